The van der Waals surface area contributed by atoms with Crippen molar-refractivity contribution >= 4 is 35.2 Å². The molecule has 10 heteroatoms. The summed E-state index contributed by atoms with van der Waals surface area (Å²) in [5, 5.41) is 0. The molecule has 1 aromatic heterocycles. The van der Waals surface area contributed by atoms with Crippen LogP contribution in [0.15, 0.2) is 37.4 Å². The van der Waals surface area contributed by atoms with E-state index in [2.05, 4.69) is 5.92 Å². The second kappa shape index (κ2) is 9.32. The highest BCUT2D eigenvalue weighted by atomic mass is 35.5. The lowest BCUT2D eigenvalue weighted by molar-refractivity contribution is -0.131. The Labute approximate surface area is 202 Å². The molecule has 0 spiro atoms. The molecule has 1 aliphatic carbocycles. The van der Waals surface area contributed by atoms with E-state index in [4.69, 9.17) is 43.2 Å². The van der Waals surface area contributed by atoms with Gasteiger partial charge in [-0.1, -0.05) is 41.3 Å². The Morgan fingerprint density at radius 3 is 2.67 bits per heavy atom. The fraction of sp³-hybridized carbons (Fsp3) is 0.522. The number of allylic oxidation sites excluding steroid dienone is 2. The normalized spacial score (nSPS) is 22.0. The van der Waals surface area contributed by atoms with Crippen LogP contribution in [0, 0.1) is 12.3 Å². The Bertz CT molecular complexity index is 1090. The maximum atomic E-state index is 12.7. The summed E-state index contributed by atoms with van der Waals surface area (Å²) in [6.07, 6.45) is 11.1. The summed E-state index contributed by atoms with van der Waals surface area (Å²) in [5.41, 5.74) is -0.389. The minimum atomic E-state index is -1.57. The van der Waals surface area contributed by atoms with Gasteiger partial charge in [0.1, 0.15) is 5.60 Å². The Morgan fingerprint density at radius 2 is 2.06 bits per heavy atom. The Balaban J connectivity index is 1.92. The van der Waals surface area contributed by atoms with Gasteiger partial charge in [0.15, 0.2) is 15.9 Å². The van der Waals surface area contributed by atoms with Gasteiger partial charge in [0.2, 0.25) is 5.91 Å². The monoisotopic (exact) mass is 496 g/mol. The molecule has 33 heavy (non-hydrogen) atoms. The van der Waals surface area contributed by atoms with E-state index >= 15 is 0 Å². The smallest absolute Gasteiger partial charge is 0.444 e. The molecule has 2 atom stereocenters. The first-order valence-electron chi connectivity index (χ1n) is 10.5. The highest BCUT2D eigenvalue weighted by Crippen LogP contribution is 2.41. The molecule has 2 unspecified atom stereocenters. The first kappa shape index (κ1) is 25.0. The van der Waals surface area contributed by atoms with Crippen molar-refractivity contribution in [1.29, 1.82) is 0 Å². The van der Waals surface area contributed by atoms with E-state index in [0.29, 0.717) is 25.0 Å². The number of carbonyl (C=O) groups is 2. The predicted molar refractivity (Wildman–Crippen MR) is 123 cm³/mol. The van der Waals surface area contributed by atoms with Gasteiger partial charge in [-0.05, 0) is 39.7 Å². The average Bonchev–Trinajstić information content (AvgIpc) is 3.30. The topological polar surface area (TPSA) is 93.2 Å². The van der Waals surface area contributed by atoms with Gasteiger partial charge in [0, 0.05) is 19.0 Å². The van der Waals surface area contributed by atoms with Crippen LogP contribution in [0.1, 0.15) is 58.1 Å². The molecule has 0 saturated carbocycles. The number of terminal acetylenes is 1. The number of likely N-dealkylation sites (tertiary alicyclic amines) is 1. The highest BCUT2D eigenvalue weighted by Gasteiger charge is 2.44. The van der Waals surface area contributed by atoms with Crippen LogP contribution in [0.2, 0.25) is 0 Å². The largest absolute Gasteiger partial charge is 0.519 e. The number of carbonyl (C=O) groups excluding carboxylic acids is 2. The van der Waals surface area contributed by atoms with Gasteiger partial charge in [0.25, 0.3) is 0 Å². The lowest BCUT2D eigenvalue weighted by Gasteiger charge is -2.38. The maximum Gasteiger partial charge on any atom is 0.519 e. The average molecular weight is 497 g/mol. The number of amides is 2. The Morgan fingerprint density at radius 1 is 1.36 bits per heavy atom. The third kappa shape index (κ3) is 5.31. The van der Waals surface area contributed by atoms with Crippen molar-refractivity contribution in [3.63, 3.8) is 0 Å². The predicted octanol–water partition coefficient (Wildman–Crippen LogP) is 4.33. The lowest BCUT2D eigenvalue weighted by atomic mass is 9.97. The summed E-state index contributed by atoms with van der Waals surface area (Å²) >= 11 is 13.1. The van der Waals surface area contributed by atoms with E-state index in [1.807, 2.05) is 0 Å². The number of hydrogen-bond donors (Lipinski definition) is 0. The molecule has 2 heterocycles. The molecular weight excluding hydrogens is 471 g/mol. The van der Waals surface area contributed by atoms with Crippen molar-refractivity contribution in [3.05, 3.63) is 45.9 Å². The molecule has 1 saturated heterocycles. The van der Waals surface area contributed by atoms with E-state index < -0.39 is 33.9 Å². The summed E-state index contributed by atoms with van der Waals surface area (Å²) < 4.78 is 14.5. The quantitative estimate of drug-likeness (QED) is 0.454. The molecule has 8 nitrogen and oxygen atoms in total. The standard InChI is InChI=1S/C23H26Cl2N2O6/c1-6-15-9-7-11-18(23(15,24)25)27(14(2)28)13-17-19(32-21(30)31-17)16-10-8-12-26(16)20(29)33-22(3,4)5/h1,7,9,11,16,18H,8,10,12-13H2,2-5H3. The fourth-order valence-corrected chi connectivity index (χ4v) is 4.53. The third-order valence-corrected chi connectivity index (χ3v) is 6.21. The van der Waals surface area contributed by atoms with Crippen LogP contribution >= 0.6 is 23.2 Å². The zero-order chi connectivity index (χ0) is 24.6. The van der Waals surface area contributed by atoms with E-state index in [1.54, 1.807) is 39.0 Å². The minimum absolute atomic E-state index is 0.102. The Hall–Kier alpha value is -2.63. The number of nitrogens with zero attached hydrogens (tertiary/aromatic N) is 2. The number of hydrogen-bond acceptors (Lipinski definition) is 6. The molecule has 178 valence electrons. The first-order valence-corrected chi connectivity index (χ1v) is 11.2. The summed E-state index contributed by atoms with van der Waals surface area (Å²) in [4.78, 5) is 40.2. The molecule has 1 aromatic rings. The number of halogens is 2. The lowest BCUT2D eigenvalue weighted by Crippen LogP contribution is -2.49. The minimum Gasteiger partial charge on any atom is -0.444 e. The van der Waals surface area contributed by atoms with Crippen molar-refractivity contribution in [2.45, 2.75) is 69.1 Å². The SMILES string of the molecule is C#CC1=CC=CC(N(Cc2oc(=O)oc2C2CCCN2C(=O)OC(C)(C)C)C(C)=O)C1(Cl)Cl. The molecule has 2 amide bonds. The summed E-state index contributed by atoms with van der Waals surface area (Å²) in [6, 6.07) is -1.40. The van der Waals surface area contributed by atoms with Crippen molar-refractivity contribution in [1.82, 2.24) is 9.80 Å². The van der Waals surface area contributed by atoms with Gasteiger partial charge < -0.3 is 18.5 Å². The summed E-state index contributed by atoms with van der Waals surface area (Å²) in [7, 11) is 0. The summed E-state index contributed by atoms with van der Waals surface area (Å²) in [6.45, 7) is 6.91. The van der Waals surface area contributed by atoms with Crippen molar-refractivity contribution in [2.75, 3.05) is 6.54 Å². The van der Waals surface area contributed by atoms with E-state index in [9.17, 15) is 14.4 Å². The van der Waals surface area contributed by atoms with Crippen LogP contribution < -0.4 is 5.82 Å². The van der Waals surface area contributed by atoms with Crippen molar-refractivity contribution in [3.8, 4) is 12.3 Å². The second-order valence-corrected chi connectivity index (χ2v) is 10.3. The van der Waals surface area contributed by atoms with Crippen molar-refractivity contribution in [2.24, 2.45) is 0 Å². The Kier molecular flexibility index (Phi) is 7.06. The van der Waals surface area contributed by atoms with Crippen LogP contribution in [0.25, 0.3) is 0 Å². The van der Waals surface area contributed by atoms with Crippen LogP contribution in [0.5, 0.6) is 0 Å². The molecule has 1 fully saturated rings. The zero-order valence-electron chi connectivity index (χ0n) is 18.9. The molecule has 0 bridgehead atoms. The number of rotatable bonds is 4. The number of alkyl halides is 2. The summed E-state index contributed by atoms with van der Waals surface area (Å²) in [5.74, 6) is 1.39. The molecule has 2 aliphatic rings. The van der Waals surface area contributed by atoms with Crippen LogP contribution in [-0.2, 0) is 16.1 Å². The molecule has 0 radical (unpaired) electrons. The second-order valence-electron chi connectivity index (χ2n) is 8.90. The third-order valence-electron chi connectivity index (χ3n) is 5.35. The zero-order valence-corrected chi connectivity index (χ0v) is 20.4. The molecule has 1 aliphatic heterocycles. The van der Waals surface area contributed by atoms with Gasteiger partial charge in [-0.25, -0.2) is 9.59 Å². The number of ether oxygens (including phenoxy) is 1. The van der Waals surface area contributed by atoms with E-state index in [-0.39, 0.29) is 24.0 Å². The molecule has 0 N–H and O–H groups in total. The van der Waals surface area contributed by atoms with Gasteiger partial charge in [-0.2, -0.15) is 0 Å². The van der Waals surface area contributed by atoms with Gasteiger partial charge in [-0.15, -0.1) is 6.42 Å². The van der Waals surface area contributed by atoms with Gasteiger partial charge in [-0.3, -0.25) is 9.69 Å². The van der Waals surface area contributed by atoms with Gasteiger partial charge in [0.05, 0.1) is 18.6 Å². The molecular formula is C23H26Cl2N2O6. The molecule has 0 aromatic carbocycles. The molecule has 3 rings (SSSR count). The van der Waals surface area contributed by atoms with Crippen LogP contribution in [-0.4, -0.2) is 44.3 Å². The van der Waals surface area contributed by atoms with Crippen LogP contribution in [0.3, 0.4) is 0 Å². The van der Waals surface area contributed by atoms with Crippen molar-refractivity contribution < 1.29 is 23.2 Å². The fourth-order valence-electron chi connectivity index (χ4n) is 3.91. The highest BCUT2D eigenvalue weighted by molar-refractivity contribution is 6.51. The van der Waals surface area contributed by atoms with Gasteiger partial charge >= 0.3 is 11.9 Å². The maximum absolute atomic E-state index is 12.7. The van der Waals surface area contributed by atoms with E-state index in [0.717, 1.165) is 0 Å². The first-order chi connectivity index (χ1) is 15.3. The van der Waals surface area contributed by atoms with Crippen LogP contribution in [0.4, 0.5) is 4.79 Å². The van der Waals surface area contributed by atoms with E-state index in [1.165, 1.54) is 16.7 Å².